The molecule has 0 aromatic heterocycles. The van der Waals surface area contributed by atoms with E-state index in [1.807, 2.05) is 6.07 Å². The zero-order valence-electron chi connectivity index (χ0n) is 10.3. The summed E-state index contributed by atoms with van der Waals surface area (Å²) in [4.78, 5) is 0. The van der Waals surface area contributed by atoms with Crippen molar-refractivity contribution in [3.05, 3.63) is 29.3 Å². The Morgan fingerprint density at radius 2 is 2.24 bits per heavy atom. The Kier molecular flexibility index (Phi) is 4.06. The molecule has 90 valence electrons. The Bertz CT molecular complexity index is 438. The van der Waals surface area contributed by atoms with Crippen molar-refractivity contribution >= 4 is 0 Å². The first kappa shape index (κ1) is 12.0. The highest BCUT2D eigenvalue weighted by atomic mass is 16.5. The quantitative estimate of drug-likeness (QED) is 0.808. The summed E-state index contributed by atoms with van der Waals surface area (Å²) in [7, 11) is 0. The SMILES string of the molecule is Cc1ccc(OCC2CCC2)c(C#CCN)c1. The van der Waals surface area contributed by atoms with Crippen LogP contribution >= 0.6 is 0 Å². The fraction of sp³-hybridized carbons (Fsp3) is 0.467. The van der Waals surface area contributed by atoms with E-state index in [-0.39, 0.29) is 0 Å². The number of ether oxygens (including phenoxy) is 1. The monoisotopic (exact) mass is 229 g/mol. The van der Waals surface area contributed by atoms with E-state index in [4.69, 9.17) is 10.5 Å². The minimum Gasteiger partial charge on any atom is -0.492 e. The van der Waals surface area contributed by atoms with Crippen LogP contribution in [0.25, 0.3) is 0 Å². The van der Waals surface area contributed by atoms with Crippen molar-refractivity contribution in [2.45, 2.75) is 26.2 Å². The first-order valence-electron chi connectivity index (χ1n) is 6.22. The normalized spacial score (nSPS) is 14.7. The van der Waals surface area contributed by atoms with Crippen LogP contribution in [0.4, 0.5) is 0 Å². The second kappa shape index (κ2) is 5.75. The van der Waals surface area contributed by atoms with Gasteiger partial charge in [-0.2, -0.15) is 0 Å². The average Bonchev–Trinajstić information content (AvgIpc) is 2.26. The summed E-state index contributed by atoms with van der Waals surface area (Å²) in [5.41, 5.74) is 7.55. The lowest BCUT2D eigenvalue weighted by molar-refractivity contribution is 0.180. The van der Waals surface area contributed by atoms with Gasteiger partial charge in [0.05, 0.1) is 18.7 Å². The van der Waals surface area contributed by atoms with Gasteiger partial charge in [-0.1, -0.05) is 24.3 Å². The smallest absolute Gasteiger partial charge is 0.134 e. The lowest BCUT2D eigenvalue weighted by Gasteiger charge is -2.25. The van der Waals surface area contributed by atoms with E-state index in [9.17, 15) is 0 Å². The van der Waals surface area contributed by atoms with Crippen molar-refractivity contribution in [2.24, 2.45) is 11.7 Å². The van der Waals surface area contributed by atoms with Crippen LogP contribution in [0.3, 0.4) is 0 Å². The molecule has 0 heterocycles. The van der Waals surface area contributed by atoms with E-state index in [2.05, 4.69) is 30.9 Å². The van der Waals surface area contributed by atoms with Crippen molar-refractivity contribution in [1.29, 1.82) is 0 Å². The third-order valence-electron chi connectivity index (χ3n) is 3.16. The standard InChI is InChI=1S/C15H19NO/c1-12-7-8-15(14(10-12)6-3-9-16)17-11-13-4-2-5-13/h7-8,10,13H,2,4-5,9,11,16H2,1H3. The first-order chi connectivity index (χ1) is 8.29. The van der Waals surface area contributed by atoms with Crippen molar-refractivity contribution in [1.82, 2.24) is 0 Å². The zero-order chi connectivity index (χ0) is 12.1. The number of hydrogen-bond acceptors (Lipinski definition) is 2. The third-order valence-corrected chi connectivity index (χ3v) is 3.16. The van der Waals surface area contributed by atoms with E-state index >= 15 is 0 Å². The lowest BCUT2D eigenvalue weighted by atomic mass is 9.86. The molecule has 0 amide bonds. The molecule has 17 heavy (non-hydrogen) atoms. The van der Waals surface area contributed by atoms with Gasteiger partial charge in [-0.3, -0.25) is 0 Å². The fourth-order valence-electron chi connectivity index (χ4n) is 1.88. The van der Waals surface area contributed by atoms with E-state index in [0.29, 0.717) is 6.54 Å². The van der Waals surface area contributed by atoms with E-state index in [0.717, 1.165) is 23.8 Å². The summed E-state index contributed by atoms with van der Waals surface area (Å²) in [5, 5.41) is 0. The maximum atomic E-state index is 5.85. The van der Waals surface area contributed by atoms with Crippen molar-refractivity contribution in [3.63, 3.8) is 0 Å². The highest BCUT2D eigenvalue weighted by Crippen LogP contribution is 2.28. The van der Waals surface area contributed by atoms with E-state index < -0.39 is 0 Å². The Morgan fingerprint density at radius 3 is 2.88 bits per heavy atom. The molecule has 2 N–H and O–H groups in total. The van der Waals surface area contributed by atoms with Gasteiger partial charge in [0.25, 0.3) is 0 Å². The van der Waals surface area contributed by atoms with Crippen molar-refractivity contribution in [2.75, 3.05) is 13.2 Å². The van der Waals surface area contributed by atoms with Gasteiger partial charge in [-0.15, -0.1) is 0 Å². The molecule has 0 aliphatic heterocycles. The Labute approximate surface area is 103 Å². The van der Waals surface area contributed by atoms with Gasteiger partial charge in [-0.25, -0.2) is 0 Å². The number of hydrogen-bond donors (Lipinski definition) is 1. The highest BCUT2D eigenvalue weighted by molar-refractivity contribution is 5.48. The molecule has 0 spiro atoms. The number of rotatable bonds is 3. The molecule has 0 unspecified atom stereocenters. The summed E-state index contributed by atoms with van der Waals surface area (Å²) < 4.78 is 5.85. The molecular weight excluding hydrogens is 210 g/mol. The van der Waals surface area contributed by atoms with Gasteiger partial charge >= 0.3 is 0 Å². The summed E-state index contributed by atoms with van der Waals surface area (Å²) in [6.45, 7) is 3.26. The largest absolute Gasteiger partial charge is 0.492 e. The van der Waals surface area contributed by atoms with Crippen LogP contribution in [0.5, 0.6) is 5.75 Å². The molecule has 2 heteroatoms. The summed E-state index contributed by atoms with van der Waals surface area (Å²) in [6.07, 6.45) is 3.95. The second-order valence-electron chi connectivity index (χ2n) is 4.61. The number of nitrogens with two attached hydrogens (primary N) is 1. The molecule has 0 radical (unpaired) electrons. The van der Waals surface area contributed by atoms with Crippen LogP contribution in [0.1, 0.15) is 30.4 Å². The van der Waals surface area contributed by atoms with E-state index in [1.165, 1.54) is 24.8 Å². The van der Waals surface area contributed by atoms with Crippen LogP contribution in [-0.4, -0.2) is 13.2 Å². The fourth-order valence-corrected chi connectivity index (χ4v) is 1.88. The van der Waals surface area contributed by atoms with Crippen LogP contribution in [0, 0.1) is 24.7 Å². The van der Waals surface area contributed by atoms with Gasteiger partial charge in [0.15, 0.2) is 0 Å². The van der Waals surface area contributed by atoms with Crippen LogP contribution in [0.15, 0.2) is 18.2 Å². The second-order valence-corrected chi connectivity index (χ2v) is 4.61. The Balaban J connectivity index is 2.07. The maximum absolute atomic E-state index is 5.85. The molecule has 0 atom stereocenters. The van der Waals surface area contributed by atoms with Crippen LogP contribution < -0.4 is 10.5 Å². The van der Waals surface area contributed by atoms with Gasteiger partial charge < -0.3 is 10.5 Å². The van der Waals surface area contributed by atoms with Gasteiger partial charge in [0.1, 0.15) is 5.75 Å². The predicted octanol–water partition coefficient (Wildman–Crippen LogP) is 2.48. The van der Waals surface area contributed by atoms with Crippen LogP contribution in [-0.2, 0) is 0 Å². The summed E-state index contributed by atoms with van der Waals surface area (Å²) in [5.74, 6) is 7.59. The molecule has 1 aromatic carbocycles. The molecule has 0 bridgehead atoms. The first-order valence-corrected chi connectivity index (χ1v) is 6.22. The average molecular weight is 229 g/mol. The van der Waals surface area contributed by atoms with Gasteiger partial charge in [0, 0.05) is 0 Å². The summed E-state index contributed by atoms with van der Waals surface area (Å²) in [6, 6.07) is 6.12. The van der Waals surface area contributed by atoms with Crippen LogP contribution in [0.2, 0.25) is 0 Å². The zero-order valence-corrected chi connectivity index (χ0v) is 10.3. The minimum atomic E-state index is 0.385. The van der Waals surface area contributed by atoms with Gasteiger partial charge in [0.2, 0.25) is 0 Å². The molecule has 1 aromatic rings. The molecule has 1 fully saturated rings. The highest BCUT2D eigenvalue weighted by Gasteiger charge is 2.18. The summed E-state index contributed by atoms with van der Waals surface area (Å²) >= 11 is 0. The third kappa shape index (κ3) is 3.25. The Morgan fingerprint density at radius 1 is 1.41 bits per heavy atom. The molecule has 2 rings (SSSR count). The minimum absolute atomic E-state index is 0.385. The molecular formula is C15H19NO. The van der Waals surface area contributed by atoms with Gasteiger partial charge in [-0.05, 0) is 43.4 Å². The molecule has 2 nitrogen and oxygen atoms in total. The molecule has 1 aliphatic rings. The lowest BCUT2D eigenvalue weighted by Crippen LogP contribution is -2.19. The topological polar surface area (TPSA) is 35.2 Å². The number of benzene rings is 1. The predicted molar refractivity (Wildman–Crippen MR) is 69.9 cm³/mol. The Hall–Kier alpha value is -1.46. The molecule has 1 saturated carbocycles. The maximum Gasteiger partial charge on any atom is 0.134 e. The molecule has 0 saturated heterocycles. The van der Waals surface area contributed by atoms with Crippen molar-refractivity contribution < 1.29 is 4.74 Å². The van der Waals surface area contributed by atoms with E-state index in [1.54, 1.807) is 0 Å². The number of aryl methyl sites for hydroxylation is 1. The van der Waals surface area contributed by atoms with Crippen molar-refractivity contribution in [3.8, 4) is 17.6 Å². The molecule has 1 aliphatic carbocycles.